The molecule has 31 heavy (non-hydrogen) atoms. The maximum Gasteiger partial charge on any atom is 0.270 e. The van der Waals surface area contributed by atoms with E-state index in [-0.39, 0.29) is 17.2 Å². The van der Waals surface area contributed by atoms with Crippen molar-refractivity contribution in [1.82, 2.24) is 9.97 Å². The van der Waals surface area contributed by atoms with Gasteiger partial charge in [0, 0.05) is 11.1 Å². The van der Waals surface area contributed by atoms with Gasteiger partial charge in [0.1, 0.15) is 23.1 Å². The maximum absolute atomic E-state index is 12.3. The molecule has 1 heterocycles. The second kappa shape index (κ2) is 9.20. The minimum atomic E-state index is -0.540. The fraction of sp³-hybridized carbons (Fsp3) is 0. The normalized spacial score (nSPS) is 10.5. The van der Waals surface area contributed by atoms with Crippen LogP contribution in [0, 0.1) is 11.3 Å². The van der Waals surface area contributed by atoms with Gasteiger partial charge in [-0.05, 0) is 24.3 Å². The molecule has 0 fully saturated rings. The Morgan fingerprint density at radius 1 is 0.968 bits per heavy atom. The summed E-state index contributed by atoms with van der Waals surface area (Å²) >= 11 is 0. The van der Waals surface area contributed by atoms with Gasteiger partial charge >= 0.3 is 0 Å². The number of aromatic amines is 1. The molecule has 2 N–H and O–H groups in total. The van der Waals surface area contributed by atoms with E-state index in [1.807, 2.05) is 78.9 Å². The van der Waals surface area contributed by atoms with Crippen LogP contribution in [0.3, 0.4) is 0 Å². The van der Waals surface area contributed by atoms with E-state index in [1.54, 1.807) is 18.3 Å². The van der Waals surface area contributed by atoms with Crippen molar-refractivity contribution in [3.63, 3.8) is 0 Å². The number of para-hydroxylation sites is 2. The number of hydrazone groups is 1. The molecule has 0 aliphatic carbocycles. The first kappa shape index (κ1) is 19.6. The summed E-state index contributed by atoms with van der Waals surface area (Å²) in [4.78, 5) is 19.2. The van der Waals surface area contributed by atoms with Crippen molar-refractivity contribution >= 4 is 12.2 Å². The summed E-state index contributed by atoms with van der Waals surface area (Å²) in [6.07, 6.45) is 1.57. The van der Waals surface area contributed by atoms with Gasteiger partial charge in [0.2, 0.25) is 5.95 Å². The number of H-pyrrole nitrogens is 1. The van der Waals surface area contributed by atoms with Gasteiger partial charge in [-0.25, -0.2) is 10.4 Å². The van der Waals surface area contributed by atoms with E-state index < -0.39 is 5.56 Å². The highest BCUT2D eigenvalue weighted by Gasteiger charge is 2.12. The van der Waals surface area contributed by atoms with Crippen molar-refractivity contribution in [3.8, 4) is 28.8 Å². The van der Waals surface area contributed by atoms with E-state index >= 15 is 0 Å². The number of ether oxygens (including phenoxy) is 1. The molecule has 0 bridgehead atoms. The predicted octanol–water partition coefficient (Wildman–Crippen LogP) is 4.55. The SMILES string of the molecule is N#Cc1c(-c2ccccc2)nc(NN=Cc2ccccc2Oc2ccccc2)[nH]c1=O. The Hall–Kier alpha value is -4.70. The van der Waals surface area contributed by atoms with Crippen LogP contribution in [-0.4, -0.2) is 16.2 Å². The van der Waals surface area contributed by atoms with Gasteiger partial charge in [-0.1, -0.05) is 60.7 Å². The van der Waals surface area contributed by atoms with Crippen molar-refractivity contribution in [2.45, 2.75) is 0 Å². The first-order valence-corrected chi connectivity index (χ1v) is 9.45. The summed E-state index contributed by atoms with van der Waals surface area (Å²) in [5.41, 5.74) is 3.82. The molecule has 7 nitrogen and oxygen atoms in total. The lowest BCUT2D eigenvalue weighted by Crippen LogP contribution is -2.16. The number of hydrogen-bond acceptors (Lipinski definition) is 6. The monoisotopic (exact) mass is 407 g/mol. The first-order valence-electron chi connectivity index (χ1n) is 9.45. The Morgan fingerprint density at radius 2 is 1.65 bits per heavy atom. The smallest absolute Gasteiger partial charge is 0.270 e. The highest BCUT2D eigenvalue weighted by atomic mass is 16.5. The standard InChI is InChI=1S/C24H17N5O2/c25-15-20-22(17-9-3-1-4-10-17)27-24(28-23(20)30)29-26-16-18-11-7-8-14-21(18)31-19-12-5-2-6-13-19/h1-14,16H,(H2,27,28,29,30). The fourth-order valence-electron chi connectivity index (χ4n) is 2.89. The predicted molar refractivity (Wildman–Crippen MR) is 119 cm³/mol. The summed E-state index contributed by atoms with van der Waals surface area (Å²) < 4.78 is 5.91. The summed E-state index contributed by atoms with van der Waals surface area (Å²) in [6.45, 7) is 0. The van der Waals surface area contributed by atoms with E-state index in [1.165, 1.54) is 0 Å². The third-order valence-corrected chi connectivity index (χ3v) is 4.34. The fourth-order valence-corrected chi connectivity index (χ4v) is 2.89. The minimum absolute atomic E-state index is 0.0534. The van der Waals surface area contributed by atoms with E-state index in [0.29, 0.717) is 17.1 Å². The molecule has 4 aromatic rings. The van der Waals surface area contributed by atoms with Crippen LogP contribution in [-0.2, 0) is 0 Å². The third-order valence-electron chi connectivity index (χ3n) is 4.34. The molecule has 150 valence electrons. The zero-order valence-electron chi connectivity index (χ0n) is 16.3. The average molecular weight is 407 g/mol. The number of benzene rings is 3. The van der Waals surface area contributed by atoms with Gasteiger partial charge in [0.15, 0.2) is 0 Å². The van der Waals surface area contributed by atoms with Crippen LogP contribution in [0.4, 0.5) is 5.95 Å². The van der Waals surface area contributed by atoms with E-state index in [4.69, 9.17) is 4.74 Å². The maximum atomic E-state index is 12.3. The van der Waals surface area contributed by atoms with Crippen LogP contribution in [0.1, 0.15) is 11.1 Å². The molecular formula is C24H17N5O2. The number of nitrogens with zero attached hydrogens (tertiary/aromatic N) is 3. The number of nitrogens with one attached hydrogen (secondary N) is 2. The second-order valence-electron chi connectivity index (χ2n) is 6.44. The lowest BCUT2D eigenvalue weighted by atomic mass is 10.1. The third kappa shape index (κ3) is 4.66. The van der Waals surface area contributed by atoms with Crippen LogP contribution in [0.5, 0.6) is 11.5 Å². The molecule has 0 unspecified atom stereocenters. The molecule has 0 aliphatic rings. The summed E-state index contributed by atoms with van der Waals surface area (Å²) in [7, 11) is 0. The molecule has 0 amide bonds. The summed E-state index contributed by atoms with van der Waals surface area (Å²) in [5, 5.41) is 13.5. The van der Waals surface area contributed by atoms with Crippen LogP contribution in [0.25, 0.3) is 11.3 Å². The van der Waals surface area contributed by atoms with E-state index in [0.717, 1.165) is 5.56 Å². The molecule has 4 rings (SSSR count). The molecule has 0 saturated heterocycles. The quantitative estimate of drug-likeness (QED) is 0.361. The molecule has 0 saturated carbocycles. The lowest BCUT2D eigenvalue weighted by molar-refractivity contribution is 0.482. The molecule has 1 aromatic heterocycles. The zero-order chi connectivity index (χ0) is 21.5. The number of aromatic nitrogens is 2. The summed E-state index contributed by atoms with van der Waals surface area (Å²) in [6, 6.07) is 27.8. The van der Waals surface area contributed by atoms with Gasteiger partial charge in [-0.2, -0.15) is 10.4 Å². The zero-order valence-corrected chi connectivity index (χ0v) is 16.3. The largest absolute Gasteiger partial charge is 0.457 e. The van der Waals surface area contributed by atoms with Gasteiger partial charge in [-0.3, -0.25) is 9.78 Å². The van der Waals surface area contributed by atoms with Crippen LogP contribution in [0.15, 0.2) is 94.8 Å². The van der Waals surface area contributed by atoms with Crippen molar-refractivity contribution < 1.29 is 4.74 Å². The van der Waals surface area contributed by atoms with Crippen LogP contribution in [0.2, 0.25) is 0 Å². The Morgan fingerprint density at radius 3 is 2.39 bits per heavy atom. The first-order chi connectivity index (χ1) is 15.2. The molecular weight excluding hydrogens is 390 g/mol. The Balaban J connectivity index is 1.59. The van der Waals surface area contributed by atoms with Gasteiger partial charge < -0.3 is 4.74 Å². The van der Waals surface area contributed by atoms with Gasteiger partial charge in [0.05, 0.1) is 11.9 Å². The molecule has 0 atom stereocenters. The molecule has 0 radical (unpaired) electrons. The topological polar surface area (TPSA) is 103 Å². The number of nitriles is 1. The second-order valence-corrected chi connectivity index (χ2v) is 6.44. The minimum Gasteiger partial charge on any atom is -0.457 e. The Kier molecular flexibility index (Phi) is 5.82. The highest BCUT2D eigenvalue weighted by Crippen LogP contribution is 2.24. The van der Waals surface area contributed by atoms with E-state index in [9.17, 15) is 10.1 Å². The van der Waals surface area contributed by atoms with E-state index in [2.05, 4.69) is 20.5 Å². The van der Waals surface area contributed by atoms with Gasteiger partial charge in [-0.15, -0.1) is 0 Å². The van der Waals surface area contributed by atoms with Crippen molar-refractivity contribution in [1.29, 1.82) is 5.26 Å². The number of anilines is 1. The lowest BCUT2D eigenvalue weighted by Gasteiger charge is -2.08. The van der Waals surface area contributed by atoms with Crippen molar-refractivity contribution in [2.24, 2.45) is 5.10 Å². The highest BCUT2D eigenvalue weighted by molar-refractivity contribution is 5.84. The summed E-state index contributed by atoms with van der Waals surface area (Å²) in [5.74, 6) is 1.47. The van der Waals surface area contributed by atoms with Crippen LogP contribution < -0.4 is 15.7 Å². The number of rotatable bonds is 6. The average Bonchev–Trinajstić information content (AvgIpc) is 2.81. The molecule has 0 spiro atoms. The number of hydrogen-bond donors (Lipinski definition) is 2. The van der Waals surface area contributed by atoms with Crippen molar-refractivity contribution in [3.05, 3.63) is 106 Å². The van der Waals surface area contributed by atoms with Crippen LogP contribution >= 0.6 is 0 Å². The molecule has 0 aliphatic heterocycles. The van der Waals surface area contributed by atoms with Crippen molar-refractivity contribution in [2.75, 3.05) is 5.43 Å². The van der Waals surface area contributed by atoms with Gasteiger partial charge in [0.25, 0.3) is 5.56 Å². The Labute approximate surface area is 178 Å². The molecule has 3 aromatic carbocycles. The molecule has 7 heteroatoms. The Bertz CT molecular complexity index is 1310.